The average Bonchev–Trinajstić information content (AvgIpc) is 3.30. The number of carbonyl (C=O) groups is 1. The van der Waals surface area contributed by atoms with Gasteiger partial charge in [-0.25, -0.2) is 4.98 Å². The van der Waals surface area contributed by atoms with E-state index in [1.54, 1.807) is 0 Å². The number of amides is 1. The number of carbonyl (C=O) groups excluding carboxylic acids is 1. The summed E-state index contributed by atoms with van der Waals surface area (Å²) in [6.45, 7) is 0.446. The van der Waals surface area contributed by atoms with E-state index in [4.69, 9.17) is 15.6 Å². The number of nitrogens with zero attached hydrogens (tertiary/aromatic N) is 2. The van der Waals surface area contributed by atoms with E-state index < -0.39 is 37.2 Å². The first-order chi connectivity index (χ1) is 11.5. The van der Waals surface area contributed by atoms with E-state index in [1.807, 2.05) is 0 Å². The standard InChI is InChI=1S/C14H23N5O5/c15-10(7-2-1-3-16-7)13(23)18-9-4-19(6-17-9)14-12(22)11(21)8(5-20)24-14/h4,6-8,10-12,14,16,20-22H,1-3,5,15H2,(H,18,23)/t7?,8-,10-,11-,12-,14-/m1/s1. The summed E-state index contributed by atoms with van der Waals surface area (Å²) in [5.74, 6) is -0.0769. The summed E-state index contributed by atoms with van der Waals surface area (Å²) in [5, 5.41) is 34.7. The number of nitrogens with one attached hydrogen (secondary N) is 2. The Morgan fingerprint density at radius 3 is 2.96 bits per heavy atom. The van der Waals surface area contributed by atoms with Crippen LogP contribution in [0, 0.1) is 0 Å². The first-order valence-electron chi connectivity index (χ1n) is 7.97. The molecule has 0 spiro atoms. The van der Waals surface area contributed by atoms with Crippen molar-refractivity contribution in [2.75, 3.05) is 18.5 Å². The maximum atomic E-state index is 12.2. The molecule has 1 aromatic rings. The van der Waals surface area contributed by atoms with Crippen molar-refractivity contribution in [1.82, 2.24) is 14.9 Å². The van der Waals surface area contributed by atoms with E-state index in [2.05, 4.69) is 15.6 Å². The monoisotopic (exact) mass is 341 g/mol. The van der Waals surface area contributed by atoms with Crippen LogP contribution in [0.3, 0.4) is 0 Å². The molecule has 134 valence electrons. The Labute approximate surface area is 138 Å². The van der Waals surface area contributed by atoms with Crippen LogP contribution in [0.25, 0.3) is 0 Å². The van der Waals surface area contributed by atoms with Gasteiger partial charge in [0.2, 0.25) is 5.91 Å². The molecule has 10 heteroatoms. The van der Waals surface area contributed by atoms with E-state index in [0.717, 1.165) is 19.4 Å². The number of nitrogens with two attached hydrogens (primary N) is 1. The Morgan fingerprint density at radius 1 is 1.54 bits per heavy atom. The lowest BCUT2D eigenvalue weighted by atomic mass is 10.1. The van der Waals surface area contributed by atoms with E-state index in [1.165, 1.54) is 17.1 Å². The average molecular weight is 341 g/mol. The van der Waals surface area contributed by atoms with Gasteiger partial charge in [-0.2, -0.15) is 0 Å². The Morgan fingerprint density at radius 2 is 2.33 bits per heavy atom. The van der Waals surface area contributed by atoms with Gasteiger partial charge in [-0.05, 0) is 19.4 Å². The number of ether oxygens (including phenoxy) is 1. The van der Waals surface area contributed by atoms with E-state index in [-0.39, 0.29) is 17.8 Å². The van der Waals surface area contributed by atoms with Crippen molar-refractivity contribution in [3.8, 4) is 0 Å². The fourth-order valence-electron chi connectivity index (χ4n) is 3.08. The summed E-state index contributed by atoms with van der Waals surface area (Å²) in [4.78, 5) is 16.2. The van der Waals surface area contributed by atoms with Crippen LogP contribution >= 0.6 is 0 Å². The Balaban J connectivity index is 1.62. The molecule has 6 atom stereocenters. The molecule has 0 saturated carbocycles. The van der Waals surface area contributed by atoms with Crippen LogP contribution in [-0.4, -0.2) is 74.3 Å². The van der Waals surface area contributed by atoms with Crippen molar-refractivity contribution in [2.45, 2.75) is 49.5 Å². The van der Waals surface area contributed by atoms with Crippen LogP contribution in [0.1, 0.15) is 19.1 Å². The fraction of sp³-hybridized carbons (Fsp3) is 0.714. The summed E-state index contributed by atoms with van der Waals surface area (Å²) in [6, 6.07) is -0.723. The maximum Gasteiger partial charge on any atom is 0.244 e. The highest BCUT2D eigenvalue weighted by Crippen LogP contribution is 2.29. The minimum Gasteiger partial charge on any atom is -0.394 e. The van der Waals surface area contributed by atoms with E-state index in [9.17, 15) is 15.0 Å². The van der Waals surface area contributed by atoms with Gasteiger partial charge < -0.3 is 41.0 Å². The van der Waals surface area contributed by atoms with Gasteiger partial charge in [0.1, 0.15) is 24.4 Å². The largest absolute Gasteiger partial charge is 0.394 e. The summed E-state index contributed by atoms with van der Waals surface area (Å²) >= 11 is 0. The van der Waals surface area contributed by atoms with Gasteiger partial charge in [-0.15, -0.1) is 0 Å². The lowest BCUT2D eigenvalue weighted by Crippen LogP contribution is -2.49. The van der Waals surface area contributed by atoms with Gasteiger partial charge in [0, 0.05) is 6.04 Å². The Bertz CT molecular complexity index is 576. The lowest BCUT2D eigenvalue weighted by Gasteiger charge is -2.18. The highest BCUT2D eigenvalue weighted by atomic mass is 16.6. The zero-order valence-corrected chi connectivity index (χ0v) is 13.1. The molecule has 7 N–H and O–H groups in total. The van der Waals surface area contributed by atoms with Crippen molar-refractivity contribution in [3.63, 3.8) is 0 Å². The summed E-state index contributed by atoms with van der Waals surface area (Å²) < 4.78 is 6.82. The zero-order chi connectivity index (χ0) is 17.3. The molecule has 1 amide bonds. The van der Waals surface area contributed by atoms with E-state index >= 15 is 0 Å². The number of imidazole rings is 1. The quantitative estimate of drug-likeness (QED) is 0.344. The third-order valence-corrected chi connectivity index (χ3v) is 4.50. The molecule has 0 radical (unpaired) electrons. The highest BCUT2D eigenvalue weighted by Gasteiger charge is 2.43. The molecule has 0 bridgehead atoms. The smallest absolute Gasteiger partial charge is 0.244 e. The van der Waals surface area contributed by atoms with Gasteiger partial charge in [0.25, 0.3) is 0 Å². The molecule has 1 unspecified atom stereocenters. The molecular formula is C14H23N5O5. The molecule has 2 aliphatic rings. The topological polar surface area (TPSA) is 155 Å². The Kier molecular flexibility index (Phi) is 5.13. The number of rotatable bonds is 5. The van der Waals surface area contributed by atoms with Gasteiger partial charge >= 0.3 is 0 Å². The lowest BCUT2D eigenvalue weighted by molar-refractivity contribution is -0.117. The van der Waals surface area contributed by atoms with Crippen LogP contribution in [-0.2, 0) is 9.53 Å². The Hall–Kier alpha value is -1.56. The third kappa shape index (κ3) is 3.29. The molecule has 3 rings (SSSR count). The minimum absolute atomic E-state index is 0.0486. The molecule has 10 nitrogen and oxygen atoms in total. The first kappa shape index (κ1) is 17.3. The van der Waals surface area contributed by atoms with Crippen LogP contribution in [0.2, 0.25) is 0 Å². The highest BCUT2D eigenvalue weighted by molar-refractivity contribution is 5.94. The number of aliphatic hydroxyl groups is 3. The van der Waals surface area contributed by atoms with Gasteiger partial charge in [0.05, 0.1) is 19.1 Å². The summed E-state index contributed by atoms with van der Waals surface area (Å²) in [6.07, 6.45) is 0.541. The predicted molar refractivity (Wildman–Crippen MR) is 82.9 cm³/mol. The molecule has 3 heterocycles. The molecule has 2 aliphatic heterocycles. The maximum absolute atomic E-state index is 12.2. The molecule has 0 aliphatic carbocycles. The predicted octanol–water partition coefficient (Wildman–Crippen LogP) is -2.49. The van der Waals surface area contributed by atoms with Crippen molar-refractivity contribution in [2.24, 2.45) is 5.73 Å². The second-order valence-corrected chi connectivity index (χ2v) is 6.15. The summed E-state index contributed by atoms with van der Waals surface area (Å²) in [5.41, 5.74) is 5.94. The van der Waals surface area contributed by atoms with E-state index in [0.29, 0.717) is 0 Å². The minimum atomic E-state index is -1.20. The normalized spacial score (nSPS) is 34.4. The van der Waals surface area contributed by atoms with Gasteiger partial charge in [0.15, 0.2) is 12.0 Å². The number of anilines is 1. The number of hydrogen-bond donors (Lipinski definition) is 6. The number of aromatic nitrogens is 2. The van der Waals surface area contributed by atoms with Crippen LogP contribution in [0.15, 0.2) is 12.5 Å². The van der Waals surface area contributed by atoms with Crippen molar-refractivity contribution >= 4 is 11.7 Å². The van der Waals surface area contributed by atoms with Crippen LogP contribution in [0.5, 0.6) is 0 Å². The second-order valence-electron chi connectivity index (χ2n) is 6.15. The van der Waals surface area contributed by atoms with Crippen molar-refractivity contribution in [1.29, 1.82) is 0 Å². The fourth-order valence-corrected chi connectivity index (χ4v) is 3.08. The van der Waals surface area contributed by atoms with Gasteiger partial charge in [-0.1, -0.05) is 0 Å². The number of hydrogen-bond acceptors (Lipinski definition) is 8. The third-order valence-electron chi connectivity index (χ3n) is 4.50. The first-order valence-corrected chi connectivity index (χ1v) is 7.97. The molecular weight excluding hydrogens is 318 g/mol. The molecule has 0 aromatic carbocycles. The van der Waals surface area contributed by atoms with Gasteiger partial charge in [-0.3, -0.25) is 4.79 Å². The van der Waals surface area contributed by atoms with Crippen LogP contribution < -0.4 is 16.4 Å². The summed E-state index contributed by atoms with van der Waals surface area (Å²) in [7, 11) is 0. The van der Waals surface area contributed by atoms with Crippen molar-refractivity contribution in [3.05, 3.63) is 12.5 Å². The van der Waals surface area contributed by atoms with Crippen LogP contribution in [0.4, 0.5) is 5.82 Å². The SMILES string of the molecule is N[C@@H](C(=O)Nc1cn([C@@H]2O[C@H](CO)[C@@H](O)[C@H]2O)cn1)C1CCCN1. The zero-order valence-electron chi connectivity index (χ0n) is 13.1. The molecule has 2 saturated heterocycles. The molecule has 2 fully saturated rings. The number of aliphatic hydroxyl groups excluding tert-OH is 3. The molecule has 1 aromatic heterocycles. The van der Waals surface area contributed by atoms with Crippen molar-refractivity contribution < 1.29 is 24.9 Å². The molecule has 24 heavy (non-hydrogen) atoms. The second kappa shape index (κ2) is 7.13.